The van der Waals surface area contributed by atoms with Crippen LogP contribution < -0.4 is 0 Å². The molecular formula is C14H30BrOP. The number of rotatable bonds is 1. The van der Waals surface area contributed by atoms with Gasteiger partial charge >= 0.3 is 116 Å². The van der Waals surface area contributed by atoms with Crippen LogP contribution in [0.25, 0.3) is 0 Å². The normalized spacial score (nSPS) is 31.5. The summed E-state index contributed by atoms with van der Waals surface area (Å²) in [4.78, 5) is 0. The van der Waals surface area contributed by atoms with Crippen LogP contribution in [-0.4, -0.2) is 35.8 Å². The van der Waals surface area contributed by atoms with Gasteiger partial charge in [-0.15, -0.1) is 0 Å². The van der Waals surface area contributed by atoms with Gasteiger partial charge in [0.1, 0.15) is 0 Å². The molecule has 0 N–H and O–H groups in total. The summed E-state index contributed by atoms with van der Waals surface area (Å²) in [6.07, 6.45) is 5.55. The van der Waals surface area contributed by atoms with Crippen molar-refractivity contribution in [3.8, 4) is 0 Å². The fourth-order valence-electron chi connectivity index (χ4n) is 3.67. The quantitative estimate of drug-likeness (QED) is 0.598. The van der Waals surface area contributed by atoms with Crippen LogP contribution in [0.5, 0.6) is 0 Å². The van der Waals surface area contributed by atoms with E-state index in [1.807, 2.05) is 7.11 Å². The van der Waals surface area contributed by atoms with Gasteiger partial charge in [-0.25, -0.2) is 0 Å². The van der Waals surface area contributed by atoms with Gasteiger partial charge in [-0.1, -0.05) is 0 Å². The van der Waals surface area contributed by atoms with Gasteiger partial charge in [0.15, 0.2) is 0 Å². The van der Waals surface area contributed by atoms with Gasteiger partial charge in [0, 0.05) is 0 Å². The van der Waals surface area contributed by atoms with E-state index in [4.69, 9.17) is 4.74 Å². The average Bonchev–Trinajstić information content (AvgIpc) is 2.15. The summed E-state index contributed by atoms with van der Waals surface area (Å²) in [7, 11) is 1.85. The zero-order valence-corrected chi connectivity index (χ0v) is 15.1. The molecule has 1 aliphatic rings. The number of hydrogen-bond acceptors (Lipinski definition) is 1. The van der Waals surface area contributed by atoms with Gasteiger partial charge < -0.3 is 0 Å². The molecule has 104 valence electrons. The van der Waals surface area contributed by atoms with Crippen LogP contribution in [0.15, 0.2) is 0 Å². The summed E-state index contributed by atoms with van der Waals surface area (Å²) in [5.41, 5.74) is 0. The van der Waals surface area contributed by atoms with Crippen molar-refractivity contribution in [3.63, 3.8) is 0 Å². The summed E-state index contributed by atoms with van der Waals surface area (Å²) in [5, 5.41) is -1.17. The van der Waals surface area contributed by atoms with Crippen LogP contribution in [0, 0.1) is 0 Å². The Bertz CT molecular complexity index is 262. The van der Waals surface area contributed by atoms with E-state index in [2.05, 4.69) is 57.0 Å². The first kappa shape index (κ1) is 15.9. The summed E-state index contributed by atoms with van der Waals surface area (Å²) in [5.74, 6) is 0. The van der Waals surface area contributed by atoms with Crippen molar-refractivity contribution in [2.45, 2.75) is 70.8 Å². The maximum atomic E-state index is 5.55. The predicted molar refractivity (Wildman–Crippen MR) is 85.1 cm³/mol. The van der Waals surface area contributed by atoms with Gasteiger partial charge in [-0.05, 0) is 0 Å². The first-order chi connectivity index (χ1) is 7.46. The van der Waals surface area contributed by atoms with E-state index in [1.165, 1.54) is 25.2 Å². The van der Waals surface area contributed by atoms with Crippen molar-refractivity contribution in [2.75, 3.05) is 19.4 Å². The molecular weight excluding hydrogens is 295 g/mol. The topological polar surface area (TPSA) is 9.23 Å². The second-order valence-electron chi connectivity index (χ2n) is 7.60. The van der Waals surface area contributed by atoms with Crippen molar-refractivity contribution in [3.05, 3.63) is 0 Å². The van der Waals surface area contributed by atoms with E-state index in [9.17, 15) is 0 Å². The van der Waals surface area contributed by atoms with Gasteiger partial charge in [0.25, 0.3) is 0 Å². The van der Waals surface area contributed by atoms with Crippen LogP contribution in [-0.2, 0) is 4.74 Å². The minimum absolute atomic E-state index is 0.364. The Morgan fingerprint density at radius 1 is 0.941 bits per heavy atom. The van der Waals surface area contributed by atoms with Crippen molar-refractivity contribution in [1.82, 2.24) is 0 Å². The molecule has 0 radical (unpaired) electrons. The van der Waals surface area contributed by atoms with Gasteiger partial charge in [0.05, 0.1) is 0 Å². The van der Waals surface area contributed by atoms with Crippen LogP contribution in [0.2, 0.25) is 0 Å². The van der Waals surface area contributed by atoms with E-state index >= 15 is 0 Å². The Morgan fingerprint density at radius 3 is 1.53 bits per heavy atom. The summed E-state index contributed by atoms with van der Waals surface area (Å²) in [6.45, 7) is 14.6. The number of methoxy groups -OCH3 is 1. The van der Waals surface area contributed by atoms with E-state index in [0.717, 1.165) is 0 Å². The average molecular weight is 325 g/mol. The molecule has 1 nitrogen and oxygen atoms in total. The molecule has 1 fully saturated rings. The standard InChI is InChI=1S/C14H30BrOP/c1-13(2,3)17(15,14(4,5)6)10-8-12(16-7)9-11-17/h12H,8-11H2,1-7H3. The molecule has 1 rings (SSSR count). The van der Waals surface area contributed by atoms with Crippen LogP contribution in [0.1, 0.15) is 54.4 Å². The first-order valence-corrected chi connectivity index (χ1v) is 11.3. The Kier molecular flexibility index (Phi) is 4.18. The maximum absolute atomic E-state index is 5.55. The van der Waals surface area contributed by atoms with E-state index in [-0.39, 0.29) is 0 Å². The fraction of sp³-hybridized carbons (Fsp3) is 1.00. The van der Waals surface area contributed by atoms with Gasteiger partial charge in [-0.3, -0.25) is 0 Å². The zero-order chi connectivity index (χ0) is 13.6. The molecule has 0 aromatic rings. The first-order valence-electron chi connectivity index (χ1n) is 6.71. The van der Waals surface area contributed by atoms with Gasteiger partial charge in [-0.2, -0.15) is 0 Å². The molecule has 1 aliphatic heterocycles. The van der Waals surface area contributed by atoms with Crippen molar-refractivity contribution in [2.24, 2.45) is 0 Å². The van der Waals surface area contributed by atoms with E-state index in [0.29, 0.717) is 16.4 Å². The van der Waals surface area contributed by atoms with Crippen LogP contribution >= 0.6 is 20.8 Å². The van der Waals surface area contributed by atoms with Crippen molar-refractivity contribution < 1.29 is 4.74 Å². The zero-order valence-electron chi connectivity index (χ0n) is 12.6. The Labute approximate surface area is 116 Å². The molecule has 0 unspecified atom stereocenters. The molecule has 0 aliphatic carbocycles. The molecule has 0 aromatic heterocycles. The Morgan fingerprint density at radius 2 is 1.29 bits per heavy atom. The summed E-state index contributed by atoms with van der Waals surface area (Å²) < 4.78 is 5.55. The predicted octanol–water partition coefficient (Wildman–Crippen LogP) is 5.26. The third kappa shape index (κ3) is 2.23. The Balaban J connectivity index is 3.17. The third-order valence-electron chi connectivity index (χ3n) is 5.24. The SMILES string of the molecule is COC1CCP(Br)(C(C)(C)C)(C(C)(C)C)CC1. The molecule has 1 saturated heterocycles. The van der Waals surface area contributed by atoms with Crippen LogP contribution in [0.3, 0.4) is 0 Å². The van der Waals surface area contributed by atoms with E-state index in [1.54, 1.807) is 0 Å². The number of ether oxygens (including phenoxy) is 1. The molecule has 3 heteroatoms. The number of halogens is 1. The molecule has 0 aromatic carbocycles. The minimum atomic E-state index is -1.90. The van der Waals surface area contributed by atoms with Gasteiger partial charge in [0.2, 0.25) is 0 Å². The molecule has 0 saturated carbocycles. The third-order valence-corrected chi connectivity index (χ3v) is 22.3. The second kappa shape index (κ2) is 4.46. The second-order valence-corrected chi connectivity index (χ2v) is 19.1. The molecule has 1 heterocycles. The molecule has 0 atom stereocenters. The van der Waals surface area contributed by atoms with Crippen LogP contribution in [0.4, 0.5) is 0 Å². The van der Waals surface area contributed by atoms with Crippen molar-refractivity contribution in [1.29, 1.82) is 0 Å². The molecule has 0 bridgehead atoms. The molecule has 0 spiro atoms. The number of hydrogen-bond donors (Lipinski definition) is 0. The molecule has 0 amide bonds. The fourth-order valence-corrected chi connectivity index (χ4v) is 11.5. The summed E-state index contributed by atoms with van der Waals surface area (Å²) >= 11 is 4.38. The summed E-state index contributed by atoms with van der Waals surface area (Å²) in [6, 6.07) is 0. The van der Waals surface area contributed by atoms with E-state index < -0.39 is 5.31 Å². The molecule has 17 heavy (non-hydrogen) atoms. The monoisotopic (exact) mass is 324 g/mol. The Hall–Kier alpha value is 0.870. The van der Waals surface area contributed by atoms with Crippen molar-refractivity contribution >= 4 is 20.8 Å².